The van der Waals surface area contributed by atoms with Gasteiger partial charge in [0.2, 0.25) is 0 Å². The van der Waals surface area contributed by atoms with E-state index in [0.717, 1.165) is 6.54 Å². The maximum Gasteiger partial charge on any atom is 0.0455 e. The van der Waals surface area contributed by atoms with Crippen molar-refractivity contribution in [2.45, 2.75) is 25.7 Å². The number of hydrogen-bond acceptors (Lipinski definition) is 1. The fourth-order valence-corrected chi connectivity index (χ4v) is 2.88. The quantitative estimate of drug-likeness (QED) is 0.772. The standard InChI is InChI=1S/C14H18N2/c1-11-9-13-6-2-3-8-16(13)14(11)12-5-4-7-15-10-12/h2-3,6,8-9,12,15H,4-5,7,10H2,1H3. The molecule has 2 aromatic heterocycles. The van der Waals surface area contributed by atoms with E-state index in [-0.39, 0.29) is 0 Å². The molecule has 0 bridgehead atoms. The van der Waals surface area contributed by atoms with Gasteiger partial charge in [-0.3, -0.25) is 0 Å². The third-order valence-electron chi connectivity index (χ3n) is 3.60. The molecular weight excluding hydrogens is 196 g/mol. The highest BCUT2D eigenvalue weighted by Crippen LogP contribution is 2.28. The molecule has 2 nitrogen and oxygen atoms in total. The number of nitrogens with one attached hydrogen (secondary N) is 1. The van der Waals surface area contributed by atoms with Crippen molar-refractivity contribution in [1.29, 1.82) is 0 Å². The Hall–Kier alpha value is -1.28. The van der Waals surface area contributed by atoms with Crippen LogP contribution in [0.2, 0.25) is 0 Å². The third-order valence-corrected chi connectivity index (χ3v) is 3.60. The van der Waals surface area contributed by atoms with E-state index in [0.29, 0.717) is 5.92 Å². The summed E-state index contributed by atoms with van der Waals surface area (Å²) in [5.74, 6) is 0.679. The molecule has 0 aliphatic carbocycles. The van der Waals surface area contributed by atoms with E-state index in [9.17, 15) is 0 Å². The molecule has 1 N–H and O–H groups in total. The highest BCUT2D eigenvalue weighted by molar-refractivity contribution is 5.53. The van der Waals surface area contributed by atoms with Crippen LogP contribution >= 0.6 is 0 Å². The van der Waals surface area contributed by atoms with Gasteiger partial charge < -0.3 is 9.72 Å². The van der Waals surface area contributed by atoms with Crippen molar-refractivity contribution < 1.29 is 0 Å². The predicted octanol–water partition coefficient (Wildman–Crippen LogP) is 2.71. The summed E-state index contributed by atoms with van der Waals surface area (Å²) in [6, 6.07) is 8.71. The van der Waals surface area contributed by atoms with Gasteiger partial charge in [0.25, 0.3) is 0 Å². The lowest BCUT2D eigenvalue weighted by Crippen LogP contribution is -2.29. The van der Waals surface area contributed by atoms with Gasteiger partial charge in [0.05, 0.1) is 0 Å². The topological polar surface area (TPSA) is 16.4 Å². The monoisotopic (exact) mass is 214 g/mol. The van der Waals surface area contributed by atoms with Crippen LogP contribution in [0.1, 0.15) is 30.0 Å². The average molecular weight is 214 g/mol. The molecule has 0 saturated carbocycles. The SMILES string of the molecule is Cc1cc2ccccn2c1C1CCCNC1. The molecule has 2 aromatic rings. The first-order valence-electron chi connectivity index (χ1n) is 6.13. The minimum atomic E-state index is 0.679. The predicted molar refractivity (Wildman–Crippen MR) is 67.0 cm³/mol. The van der Waals surface area contributed by atoms with E-state index in [4.69, 9.17) is 0 Å². The molecule has 1 atom stereocenters. The summed E-state index contributed by atoms with van der Waals surface area (Å²) >= 11 is 0. The number of fused-ring (bicyclic) bond motifs is 1. The molecule has 16 heavy (non-hydrogen) atoms. The maximum atomic E-state index is 3.50. The minimum absolute atomic E-state index is 0.679. The average Bonchev–Trinajstić information content (AvgIpc) is 2.66. The van der Waals surface area contributed by atoms with Crippen molar-refractivity contribution in [2.75, 3.05) is 13.1 Å². The molecule has 3 heterocycles. The highest BCUT2D eigenvalue weighted by Gasteiger charge is 2.20. The maximum absolute atomic E-state index is 3.50. The zero-order valence-corrected chi connectivity index (χ0v) is 9.74. The van der Waals surface area contributed by atoms with Crippen LogP contribution in [0.25, 0.3) is 5.52 Å². The van der Waals surface area contributed by atoms with Crippen LogP contribution in [0.4, 0.5) is 0 Å². The second kappa shape index (κ2) is 3.95. The zero-order chi connectivity index (χ0) is 11.0. The largest absolute Gasteiger partial charge is 0.320 e. The van der Waals surface area contributed by atoms with Crippen LogP contribution in [0.5, 0.6) is 0 Å². The zero-order valence-electron chi connectivity index (χ0n) is 9.74. The van der Waals surface area contributed by atoms with Crippen LogP contribution in [0.15, 0.2) is 30.5 Å². The lowest BCUT2D eigenvalue weighted by molar-refractivity contribution is 0.452. The molecule has 1 aliphatic heterocycles. The molecule has 1 saturated heterocycles. The van der Waals surface area contributed by atoms with E-state index >= 15 is 0 Å². The number of aryl methyl sites for hydroxylation is 1. The Kier molecular flexibility index (Phi) is 2.44. The van der Waals surface area contributed by atoms with Crippen LogP contribution in [-0.4, -0.2) is 17.5 Å². The van der Waals surface area contributed by atoms with E-state index in [1.54, 1.807) is 0 Å². The first kappa shape index (κ1) is 9.91. The van der Waals surface area contributed by atoms with Crippen LogP contribution < -0.4 is 5.32 Å². The van der Waals surface area contributed by atoms with E-state index < -0.39 is 0 Å². The van der Waals surface area contributed by atoms with Gasteiger partial charge in [-0.1, -0.05) is 6.07 Å². The summed E-state index contributed by atoms with van der Waals surface area (Å²) in [7, 11) is 0. The minimum Gasteiger partial charge on any atom is -0.320 e. The van der Waals surface area contributed by atoms with E-state index in [2.05, 4.69) is 47.1 Å². The summed E-state index contributed by atoms with van der Waals surface area (Å²) in [6.45, 7) is 4.54. The lowest BCUT2D eigenvalue weighted by Gasteiger charge is -2.23. The molecule has 1 unspecified atom stereocenters. The van der Waals surface area contributed by atoms with Gasteiger partial charge >= 0.3 is 0 Å². The Morgan fingerprint density at radius 3 is 3.12 bits per heavy atom. The highest BCUT2D eigenvalue weighted by atomic mass is 14.9. The fraction of sp³-hybridized carbons (Fsp3) is 0.429. The Morgan fingerprint density at radius 2 is 2.31 bits per heavy atom. The summed E-state index contributed by atoms with van der Waals surface area (Å²) in [5, 5.41) is 3.50. The molecule has 1 aliphatic rings. The molecule has 2 heteroatoms. The fourth-order valence-electron chi connectivity index (χ4n) is 2.88. The van der Waals surface area contributed by atoms with Gasteiger partial charge in [0.1, 0.15) is 0 Å². The van der Waals surface area contributed by atoms with Gasteiger partial charge in [-0.2, -0.15) is 0 Å². The van der Waals surface area contributed by atoms with Crippen molar-refractivity contribution in [3.8, 4) is 0 Å². The van der Waals surface area contributed by atoms with Crippen molar-refractivity contribution in [1.82, 2.24) is 9.72 Å². The summed E-state index contributed by atoms with van der Waals surface area (Å²) in [4.78, 5) is 0. The molecule has 0 amide bonds. The smallest absolute Gasteiger partial charge is 0.0455 e. The second-order valence-corrected chi connectivity index (χ2v) is 4.75. The van der Waals surface area contributed by atoms with Gasteiger partial charge in [-0.15, -0.1) is 0 Å². The molecule has 0 radical (unpaired) electrons. The molecule has 3 rings (SSSR count). The molecule has 0 aromatic carbocycles. The van der Waals surface area contributed by atoms with Crippen LogP contribution in [0, 0.1) is 6.92 Å². The summed E-state index contributed by atoms with van der Waals surface area (Å²) < 4.78 is 2.35. The summed E-state index contributed by atoms with van der Waals surface area (Å²) in [5.41, 5.74) is 4.25. The first-order valence-corrected chi connectivity index (χ1v) is 6.13. The molecular formula is C14H18N2. The van der Waals surface area contributed by atoms with Gasteiger partial charge in [-0.05, 0) is 50.1 Å². The Bertz CT molecular complexity index is 492. The molecule has 1 fully saturated rings. The molecule has 0 spiro atoms. The second-order valence-electron chi connectivity index (χ2n) is 4.75. The van der Waals surface area contributed by atoms with Gasteiger partial charge in [0.15, 0.2) is 0 Å². The van der Waals surface area contributed by atoms with E-state index in [1.165, 1.54) is 36.2 Å². The number of piperidine rings is 1. The Morgan fingerprint density at radius 1 is 1.38 bits per heavy atom. The first-order chi connectivity index (χ1) is 7.86. The van der Waals surface area contributed by atoms with Gasteiger partial charge in [-0.25, -0.2) is 0 Å². The number of rotatable bonds is 1. The van der Waals surface area contributed by atoms with Crippen molar-refractivity contribution >= 4 is 5.52 Å². The van der Waals surface area contributed by atoms with Crippen molar-refractivity contribution in [3.63, 3.8) is 0 Å². The number of hydrogen-bond donors (Lipinski definition) is 1. The lowest BCUT2D eigenvalue weighted by atomic mass is 9.94. The van der Waals surface area contributed by atoms with Crippen molar-refractivity contribution in [3.05, 3.63) is 41.7 Å². The third kappa shape index (κ3) is 1.54. The Labute approximate surface area is 96.3 Å². The van der Waals surface area contributed by atoms with Crippen molar-refractivity contribution in [2.24, 2.45) is 0 Å². The van der Waals surface area contributed by atoms with Crippen LogP contribution in [0.3, 0.4) is 0 Å². The molecule has 84 valence electrons. The van der Waals surface area contributed by atoms with E-state index in [1.807, 2.05) is 0 Å². The normalized spacial score (nSPS) is 21.4. The number of aromatic nitrogens is 1. The van der Waals surface area contributed by atoms with Crippen LogP contribution in [-0.2, 0) is 0 Å². The Balaban J connectivity index is 2.10. The summed E-state index contributed by atoms with van der Waals surface area (Å²) in [6.07, 6.45) is 4.80. The number of nitrogens with zero attached hydrogens (tertiary/aromatic N) is 1. The van der Waals surface area contributed by atoms with Gasteiger partial charge in [0, 0.05) is 29.9 Å². The number of pyridine rings is 1.